The van der Waals surface area contributed by atoms with E-state index in [1.54, 1.807) is 18.1 Å². The molecule has 3 aromatic rings. The lowest BCUT2D eigenvalue weighted by molar-refractivity contribution is 1.43. The van der Waals surface area contributed by atoms with E-state index in [-0.39, 0.29) is 0 Å². The molecule has 1 heterocycles. The SMILES string of the molecule is Cc1ccc(NSc2ccc(Br)cc2)c2[nH]cc(C#N)c12. The quantitative estimate of drug-likeness (QED) is 0.631. The van der Waals surface area contributed by atoms with Crippen LogP contribution in [0.4, 0.5) is 5.69 Å². The molecule has 0 unspecified atom stereocenters. The average Bonchev–Trinajstić information content (AvgIpc) is 2.93. The van der Waals surface area contributed by atoms with Gasteiger partial charge in [-0.15, -0.1) is 0 Å². The van der Waals surface area contributed by atoms with Crippen LogP contribution in [0, 0.1) is 18.3 Å². The van der Waals surface area contributed by atoms with Gasteiger partial charge in [0.2, 0.25) is 0 Å². The highest BCUT2D eigenvalue weighted by molar-refractivity contribution is 9.10. The summed E-state index contributed by atoms with van der Waals surface area (Å²) >= 11 is 4.97. The van der Waals surface area contributed by atoms with E-state index in [1.165, 1.54) is 0 Å². The third-order valence-corrected chi connectivity index (χ3v) is 4.62. The van der Waals surface area contributed by atoms with E-state index in [9.17, 15) is 5.26 Å². The summed E-state index contributed by atoms with van der Waals surface area (Å²) in [6.07, 6.45) is 1.76. The molecule has 0 aliphatic heterocycles. The van der Waals surface area contributed by atoms with Crippen molar-refractivity contribution in [2.45, 2.75) is 11.8 Å². The fraction of sp³-hybridized carbons (Fsp3) is 0.0625. The fourth-order valence-corrected chi connectivity index (χ4v) is 3.14. The number of hydrogen-bond acceptors (Lipinski definition) is 3. The number of H-pyrrole nitrogens is 1. The molecule has 3 nitrogen and oxygen atoms in total. The lowest BCUT2D eigenvalue weighted by Gasteiger charge is -2.08. The number of halogens is 1. The first-order chi connectivity index (χ1) is 10.2. The van der Waals surface area contributed by atoms with Crippen molar-refractivity contribution in [1.29, 1.82) is 5.26 Å². The number of nitriles is 1. The maximum Gasteiger partial charge on any atom is 0.101 e. The summed E-state index contributed by atoms with van der Waals surface area (Å²) in [5, 5.41) is 10.2. The van der Waals surface area contributed by atoms with Gasteiger partial charge in [-0.05, 0) is 54.8 Å². The Labute approximate surface area is 135 Å². The van der Waals surface area contributed by atoms with Crippen LogP contribution in [-0.4, -0.2) is 4.98 Å². The summed E-state index contributed by atoms with van der Waals surface area (Å²) in [5.74, 6) is 0. The van der Waals surface area contributed by atoms with E-state index in [4.69, 9.17) is 0 Å². The van der Waals surface area contributed by atoms with Gasteiger partial charge in [-0.3, -0.25) is 0 Å². The van der Waals surface area contributed by atoms with Crippen molar-refractivity contribution in [3.8, 4) is 6.07 Å². The molecule has 1 aromatic heterocycles. The number of aryl methyl sites for hydroxylation is 1. The maximum absolute atomic E-state index is 9.17. The maximum atomic E-state index is 9.17. The Morgan fingerprint density at radius 3 is 2.67 bits per heavy atom. The summed E-state index contributed by atoms with van der Waals surface area (Å²) in [4.78, 5) is 4.31. The second-order valence-electron chi connectivity index (χ2n) is 4.65. The number of nitrogens with one attached hydrogen (secondary N) is 2. The van der Waals surface area contributed by atoms with Gasteiger partial charge in [0.1, 0.15) is 6.07 Å². The Kier molecular flexibility index (Phi) is 3.91. The van der Waals surface area contributed by atoms with Crippen molar-refractivity contribution < 1.29 is 0 Å². The van der Waals surface area contributed by atoms with E-state index in [1.807, 2.05) is 43.3 Å². The van der Waals surface area contributed by atoms with Crippen molar-refractivity contribution >= 4 is 44.5 Å². The largest absolute Gasteiger partial charge is 0.358 e. The van der Waals surface area contributed by atoms with Gasteiger partial charge in [0.25, 0.3) is 0 Å². The molecule has 0 atom stereocenters. The number of aromatic nitrogens is 1. The van der Waals surface area contributed by atoms with Gasteiger partial charge < -0.3 is 9.71 Å². The molecule has 0 bridgehead atoms. The molecular weight excluding hydrogens is 346 g/mol. The fourth-order valence-electron chi connectivity index (χ4n) is 2.21. The number of aromatic amines is 1. The molecule has 3 rings (SSSR count). The van der Waals surface area contributed by atoms with Crippen molar-refractivity contribution in [3.63, 3.8) is 0 Å². The van der Waals surface area contributed by atoms with Crippen molar-refractivity contribution in [2.24, 2.45) is 0 Å². The molecule has 2 N–H and O–H groups in total. The zero-order valence-electron chi connectivity index (χ0n) is 11.3. The van der Waals surface area contributed by atoms with E-state index in [0.29, 0.717) is 5.56 Å². The van der Waals surface area contributed by atoms with Crippen molar-refractivity contribution in [1.82, 2.24) is 4.98 Å². The highest BCUT2D eigenvalue weighted by atomic mass is 79.9. The van der Waals surface area contributed by atoms with Crippen LogP contribution in [0.25, 0.3) is 10.9 Å². The van der Waals surface area contributed by atoms with Gasteiger partial charge in [0, 0.05) is 21.0 Å². The van der Waals surface area contributed by atoms with Crippen molar-refractivity contribution in [2.75, 3.05) is 4.72 Å². The van der Waals surface area contributed by atoms with Crippen LogP contribution in [0.2, 0.25) is 0 Å². The zero-order valence-corrected chi connectivity index (χ0v) is 13.7. The van der Waals surface area contributed by atoms with Crippen LogP contribution < -0.4 is 4.72 Å². The predicted octanol–water partition coefficient (Wildman–Crippen LogP) is 5.23. The first kappa shape index (κ1) is 14.1. The van der Waals surface area contributed by atoms with Gasteiger partial charge in [0.05, 0.1) is 16.8 Å². The topological polar surface area (TPSA) is 51.6 Å². The number of rotatable bonds is 3. The third kappa shape index (κ3) is 2.78. The van der Waals surface area contributed by atoms with Crippen molar-refractivity contribution in [3.05, 3.63) is 58.2 Å². The Hall–Kier alpha value is -1.90. The summed E-state index contributed by atoms with van der Waals surface area (Å²) < 4.78 is 4.41. The smallest absolute Gasteiger partial charge is 0.101 e. The number of benzene rings is 2. The number of hydrogen-bond donors (Lipinski definition) is 2. The molecule has 0 aliphatic carbocycles. The molecule has 2 aromatic carbocycles. The van der Waals surface area contributed by atoms with Crippen LogP contribution >= 0.6 is 27.9 Å². The minimum Gasteiger partial charge on any atom is -0.358 e. The second-order valence-corrected chi connectivity index (χ2v) is 6.45. The Morgan fingerprint density at radius 2 is 1.95 bits per heavy atom. The van der Waals surface area contributed by atoms with Gasteiger partial charge >= 0.3 is 0 Å². The van der Waals surface area contributed by atoms with Crippen LogP contribution in [-0.2, 0) is 0 Å². The van der Waals surface area contributed by atoms with E-state index in [0.717, 1.165) is 31.5 Å². The van der Waals surface area contributed by atoms with E-state index in [2.05, 4.69) is 31.7 Å². The van der Waals surface area contributed by atoms with Gasteiger partial charge in [-0.2, -0.15) is 5.26 Å². The van der Waals surface area contributed by atoms with Gasteiger partial charge in [-0.1, -0.05) is 22.0 Å². The molecule has 21 heavy (non-hydrogen) atoms. The molecule has 0 saturated carbocycles. The average molecular weight is 358 g/mol. The summed E-state index contributed by atoms with van der Waals surface area (Å²) in [7, 11) is 0. The Balaban J connectivity index is 1.91. The Bertz CT molecular complexity index is 831. The molecule has 5 heteroatoms. The number of fused-ring (bicyclic) bond motifs is 1. The van der Waals surface area contributed by atoms with Crippen LogP contribution in [0.15, 0.2) is 52.0 Å². The summed E-state index contributed by atoms with van der Waals surface area (Å²) in [5.41, 5.74) is 3.72. The first-order valence-corrected chi connectivity index (χ1v) is 7.99. The molecule has 104 valence electrons. The monoisotopic (exact) mass is 357 g/mol. The van der Waals surface area contributed by atoms with E-state index >= 15 is 0 Å². The van der Waals surface area contributed by atoms with E-state index < -0.39 is 0 Å². The van der Waals surface area contributed by atoms with Gasteiger partial charge in [-0.25, -0.2) is 0 Å². The van der Waals surface area contributed by atoms with Crippen LogP contribution in [0.5, 0.6) is 0 Å². The Morgan fingerprint density at radius 1 is 1.19 bits per heavy atom. The molecule has 0 aliphatic rings. The number of nitrogens with zero attached hydrogens (tertiary/aromatic N) is 1. The van der Waals surface area contributed by atoms with Crippen LogP contribution in [0.1, 0.15) is 11.1 Å². The number of anilines is 1. The third-order valence-electron chi connectivity index (χ3n) is 3.26. The summed E-state index contributed by atoms with van der Waals surface area (Å²) in [6, 6.07) is 14.4. The molecular formula is C16H12BrN3S. The zero-order chi connectivity index (χ0) is 14.8. The minimum atomic E-state index is 0.680. The molecule has 0 saturated heterocycles. The predicted molar refractivity (Wildman–Crippen MR) is 91.4 cm³/mol. The molecule has 0 spiro atoms. The molecule has 0 amide bonds. The second kappa shape index (κ2) is 5.84. The highest BCUT2D eigenvalue weighted by Crippen LogP contribution is 2.31. The standard InChI is InChI=1S/C16H12BrN3S/c1-10-2-7-14(16-15(10)11(8-18)9-19-16)20-21-13-5-3-12(17)4-6-13/h2-7,9,19-20H,1H3. The van der Waals surface area contributed by atoms with Crippen LogP contribution in [0.3, 0.4) is 0 Å². The summed E-state index contributed by atoms with van der Waals surface area (Å²) in [6.45, 7) is 2.02. The normalized spacial score (nSPS) is 10.5. The van der Waals surface area contributed by atoms with Gasteiger partial charge in [0.15, 0.2) is 0 Å². The first-order valence-electron chi connectivity index (χ1n) is 6.38. The minimum absolute atomic E-state index is 0.680. The lowest BCUT2D eigenvalue weighted by Crippen LogP contribution is -1.89. The lowest BCUT2D eigenvalue weighted by atomic mass is 10.1. The molecule has 0 radical (unpaired) electrons. The molecule has 0 fully saturated rings. The highest BCUT2D eigenvalue weighted by Gasteiger charge is 2.10.